The third-order valence-electron chi connectivity index (χ3n) is 3.74. The highest BCUT2D eigenvalue weighted by atomic mass is 32.2. The molecule has 122 valence electrons. The number of hydrogen-bond donors (Lipinski definition) is 3. The molecule has 0 spiro atoms. The number of thioether (sulfide) groups is 1. The first kappa shape index (κ1) is 18.4. The third kappa shape index (κ3) is 4.71. The van der Waals surface area contributed by atoms with Crippen molar-refractivity contribution in [2.45, 2.75) is 31.3 Å². The standard InChI is InChI=1S/C15H22N2O4S/c1-22-8-5-11(16)13(19)15(6-3-2-4-7-15)9-12(14(20)21)17-10-18/h2-4,6,10-12H,5,7-9,16H2,1H3,(H,17,18)(H,20,21)/t11-,12-,15?/m0/s1. The largest absolute Gasteiger partial charge is 0.480 e. The number of nitrogens with two attached hydrogens (primary N) is 1. The first-order valence-electron chi connectivity index (χ1n) is 7.02. The monoisotopic (exact) mass is 326 g/mol. The molecule has 0 radical (unpaired) electrons. The van der Waals surface area contributed by atoms with E-state index < -0.39 is 23.5 Å². The predicted molar refractivity (Wildman–Crippen MR) is 86.6 cm³/mol. The topological polar surface area (TPSA) is 109 Å². The number of amides is 1. The molecule has 4 N–H and O–H groups in total. The van der Waals surface area contributed by atoms with Crippen LogP contribution in [0.2, 0.25) is 0 Å². The molecule has 7 heteroatoms. The lowest BCUT2D eigenvalue weighted by molar-refractivity contribution is -0.142. The minimum atomic E-state index is -1.17. The highest BCUT2D eigenvalue weighted by Gasteiger charge is 2.41. The summed E-state index contributed by atoms with van der Waals surface area (Å²) >= 11 is 1.60. The Labute approximate surface area is 134 Å². The van der Waals surface area contributed by atoms with Crippen molar-refractivity contribution in [2.24, 2.45) is 11.1 Å². The van der Waals surface area contributed by atoms with Crippen molar-refractivity contribution < 1.29 is 19.5 Å². The van der Waals surface area contributed by atoms with E-state index in [0.717, 1.165) is 5.75 Å². The van der Waals surface area contributed by atoms with Crippen LogP contribution < -0.4 is 11.1 Å². The number of hydrogen-bond acceptors (Lipinski definition) is 5. The molecule has 0 heterocycles. The van der Waals surface area contributed by atoms with Crippen molar-refractivity contribution in [2.75, 3.05) is 12.0 Å². The minimum absolute atomic E-state index is 0.00624. The molecule has 3 atom stereocenters. The molecule has 22 heavy (non-hydrogen) atoms. The van der Waals surface area contributed by atoms with Crippen LogP contribution in [0.15, 0.2) is 24.3 Å². The van der Waals surface area contributed by atoms with E-state index in [2.05, 4.69) is 5.32 Å². The Kier molecular flexibility index (Phi) is 7.34. The molecular weight excluding hydrogens is 304 g/mol. The molecule has 0 aromatic rings. The van der Waals surface area contributed by atoms with Crippen LogP contribution in [0.3, 0.4) is 0 Å². The number of carbonyl (C=O) groups is 3. The summed E-state index contributed by atoms with van der Waals surface area (Å²) in [6, 6.07) is -1.76. The van der Waals surface area contributed by atoms with Gasteiger partial charge in [-0.3, -0.25) is 9.59 Å². The summed E-state index contributed by atoms with van der Waals surface area (Å²) in [7, 11) is 0. The van der Waals surface area contributed by atoms with Gasteiger partial charge in [-0.25, -0.2) is 4.79 Å². The van der Waals surface area contributed by atoms with Gasteiger partial charge in [0, 0.05) is 0 Å². The van der Waals surface area contributed by atoms with Gasteiger partial charge >= 0.3 is 5.97 Å². The fourth-order valence-electron chi connectivity index (χ4n) is 2.51. The number of carboxylic acid groups (broad SMARTS) is 1. The normalized spacial score (nSPS) is 22.8. The molecule has 1 unspecified atom stereocenters. The second-order valence-electron chi connectivity index (χ2n) is 5.28. The van der Waals surface area contributed by atoms with Crippen molar-refractivity contribution in [1.29, 1.82) is 0 Å². The van der Waals surface area contributed by atoms with Gasteiger partial charge < -0.3 is 16.2 Å². The van der Waals surface area contributed by atoms with Crippen molar-refractivity contribution in [1.82, 2.24) is 5.32 Å². The molecule has 6 nitrogen and oxygen atoms in total. The SMILES string of the molecule is CSCC[C@H](N)C(=O)C1(C[C@H](NC=O)C(=O)O)C=CC=CC1. The van der Waals surface area contributed by atoms with Gasteiger partial charge in [0.25, 0.3) is 0 Å². The average molecular weight is 326 g/mol. The van der Waals surface area contributed by atoms with Gasteiger partial charge in [0.05, 0.1) is 11.5 Å². The summed E-state index contributed by atoms with van der Waals surface area (Å²) in [5.74, 6) is -0.585. The summed E-state index contributed by atoms with van der Waals surface area (Å²) in [5, 5.41) is 11.5. The van der Waals surface area contributed by atoms with E-state index in [1.165, 1.54) is 0 Å². The fourth-order valence-corrected chi connectivity index (χ4v) is 3.00. The van der Waals surface area contributed by atoms with Gasteiger partial charge in [-0.15, -0.1) is 0 Å². The van der Waals surface area contributed by atoms with Gasteiger partial charge in [0.15, 0.2) is 5.78 Å². The quantitative estimate of drug-likeness (QED) is 0.511. The Hall–Kier alpha value is -1.60. The van der Waals surface area contributed by atoms with Crippen LogP contribution >= 0.6 is 11.8 Å². The van der Waals surface area contributed by atoms with Crippen LogP contribution in [0.4, 0.5) is 0 Å². The lowest BCUT2D eigenvalue weighted by Gasteiger charge is -2.34. The maximum atomic E-state index is 12.8. The first-order chi connectivity index (χ1) is 10.5. The highest BCUT2D eigenvalue weighted by molar-refractivity contribution is 7.98. The smallest absolute Gasteiger partial charge is 0.326 e. The van der Waals surface area contributed by atoms with Crippen LogP contribution in [0.5, 0.6) is 0 Å². The second kappa shape index (κ2) is 8.75. The second-order valence-corrected chi connectivity index (χ2v) is 6.26. The van der Waals surface area contributed by atoms with Crippen LogP contribution in [-0.2, 0) is 14.4 Å². The Morgan fingerprint density at radius 3 is 2.73 bits per heavy atom. The maximum Gasteiger partial charge on any atom is 0.326 e. The van der Waals surface area contributed by atoms with Crippen LogP contribution in [0, 0.1) is 5.41 Å². The number of Topliss-reactive ketones (excluding diaryl/α,β-unsaturated/α-hetero) is 1. The zero-order chi connectivity index (χ0) is 16.6. The summed E-state index contributed by atoms with van der Waals surface area (Å²) in [6.45, 7) is 0. The van der Waals surface area contributed by atoms with Gasteiger partial charge in [-0.2, -0.15) is 11.8 Å². The van der Waals surface area contributed by atoms with E-state index in [1.54, 1.807) is 23.9 Å². The summed E-state index contributed by atoms with van der Waals surface area (Å²) in [5.41, 5.74) is 5.01. The Morgan fingerprint density at radius 2 is 2.23 bits per heavy atom. The molecule has 1 aliphatic carbocycles. The van der Waals surface area contributed by atoms with Crippen molar-refractivity contribution >= 4 is 29.9 Å². The molecule has 0 aliphatic heterocycles. The Bertz CT molecular complexity index is 478. The summed E-state index contributed by atoms with van der Waals surface area (Å²) in [4.78, 5) is 34.6. The van der Waals surface area contributed by atoms with Crippen molar-refractivity contribution in [3.05, 3.63) is 24.3 Å². The molecule has 1 amide bonds. The Morgan fingerprint density at radius 1 is 1.50 bits per heavy atom. The number of aliphatic carboxylic acids is 1. The highest BCUT2D eigenvalue weighted by Crippen LogP contribution is 2.35. The van der Waals surface area contributed by atoms with Gasteiger partial charge in [0.1, 0.15) is 6.04 Å². The van der Waals surface area contributed by atoms with Gasteiger partial charge in [0.2, 0.25) is 6.41 Å². The lowest BCUT2D eigenvalue weighted by Crippen LogP contribution is -2.48. The maximum absolute atomic E-state index is 12.8. The van der Waals surface area contributed by atoms with Gasteiger partial charge in [-0.1, -0.05) is 24.3 Å². The number of ketones is 1. The van der Waals surface area contributed by atoms with E-state index in [1.807, 2.05) is 18.4 Å². The van der Waals surface area contributed by atoms with Crippen LogP contribution in [-0.4, -0.2) is 47.4 Å². The van der Waals surface area contributed by atoms with E-state index in [0.29, 0.717) is 19.3 Å². The Balaban J connectivity index is 2.97. The zero-order valence-electron chi connectivity index (χ0n) is 12.5. The molecule has 0 aromatic heterocycles. The minimum Gasteiger partial charge on any atom is -0.480 e. The fraction of sp³-hybridized carbons (Fsp3) is 0.533. The summed E-state index contributed by atoms with van der Waals surface area (Å²) < 4.78 is 0. The molecule has 0 saturated heterocycles. The summed E-state index contributed by atoms with van der Waals surface area (Å²) in [6.07, 6.45) is 10.3. The molecule has 0 bridgehead atoms. The number of allylic oxidation sites excluding steroid dienone is 4. The van der Waals surface area contributed by atoms with Gasteiger partial charge in [-0.05, 0) is 31.3 Å². The molecule has 1 aliphatic rings. The third-order valence-corrected chi connectivity index (χ3v) is 4.38. The average Bonchev–Trinajstić information content (AvgIpc) is 2.52. The van der Waals surface area contributed by atoms with E-state index in [4.69, 9.17) is 5.73 Å². The molecule has 0 saturated carbocycles. The van der Waals surface area contributed by atoms with Crippen molar-refractivity contribution in [3.63, 3.8) is 0 Å². The molecule has 1 rings (SSSR count). The number of carbonyl (C=O) groups excluding carboxylic acids is 2. The van der Waals surface area contributed by atoms with E-state index >= 15 is 0 Å². The number of nitrogens with one attached hydrogen (secondary N) is 1. The zero-order valence-corrected chi connectivity index (χ0v) is 13.3. The van der Waals surface area contributed by atoms with Crippen molar-refractivity contribution in [3.8, 4) is 0 Å². The van der Waals surface area contributed by atoms with Crippen LogP contribution in [0.25, 0.3) is 0 Å². The number of carboxylic acids is 1. The van der Waals surface area contributed by atoms with E-state index in [9.17, 15) is 19.5 Å². The predicted octanol–water partition coefficient (Wildman–Crippen LogP) is 0.728. The molecular formula is C15H22N2O4S. The lowest BCUT2D eigenvalue weighted by atomic mass is 9.71. The molecule has 0 aromatic carbocycles. The van der Waals surface area contributed by atoms with Crippen LogP contribution in [0.1, 0.15) is 19.3 Å². The van der Waals surface area contributed by atoms with E-state index in [-0.39, 0.29) is 12.2 Å². The number of rotatable bonds is 10. The molecule has 0 fully saturated rings. The first-order valence-corrected chi connectivity index (χ1v) is 8.42.